The zero-order chi connectivity index (χ0) is 14.2. The Balaban J connectivity index is 2.37. The molecule has 19 heavy (non-hydrogen) atoms. The molecule has 1 saturated carbocycles. The maximum Gasteiger partial charge on any atom is 0.360 e. The SMILES string of the molecule is CC(C)c1[nH]nc(C(=O)OC2CCC2)c1S(=O)(=O)Cl. The molecule has 0 amide bonds. The first kappa shape index (κ1) is 14.3. The van der Waals surface area contributed by atoms with Gasteiger partial charge in [-0.2, -0.15) is 5.10 Å². The number of rotatable bonds is 4. The highest BCUT2D eigenvalue weighted by Crippen LogP contribution is 2.29. The summed E-state index contributed by atoms with van der Waals surface area (Å²) in [6, 6.07) is 0. The number of carbonyl (C=O) groups is 1. The van der Waals surface area contributed by atoms with Crippen LogP contribution in [0.1, 0.15) is 55.2 Å². The van der Waals surface area contributed by atoms with Crippen LogP contribution in [0.15, 0.2) is 4.90 Å². The van der Waals surface area contributed by atoms with Gasteiger partial charge in [-0.25, -0.2) is 13.2 Å². The summed E-state index contributed by atoms with van der Waals surface area (Å²) in [5.74, 6) is -0.895. The summed E-state index contributed by atoms with van der Waals surface area (Å²) in [5, 5.41) is 6.31. The van der Waals surface area contributed by atoms with Crippen molar-refractivity contribution in [3.8, 4) is 0 Å². The molecule has 0 atom stereocenters. The molecule has 1 aromatic heterocycles. The van der Waals surface area contributed by atoms with Crippen molar-refractivity contribution in [1.82, 2.24) is 10.2 Å². The second-order valence-corrected chi connectivity index (χ2v) is 7.37. The predicted molar refractivity (Wildman–Crippen MR) is 68.8 cm³/mol. The van der Waals surface area contributed by atoms with Crippen LogP contribution in [0.3, 0.4) is 0 Å². The van der Waals surface area contributed by atoms with Crippen molar-refractivity contribution in [3.05, 3.63) is 11.4 Å². The normalized spacial score (nSPS) is 16.4. The summed E-state index contributed by atoms with van der Waals surface area (Å²) in [4.78, 5) is 11.7. The van der Waals surface area contributed by atoms with Crippen molar-refractivity contribution < 1.29 is 17.9 Å². The van der Waals surface area contributed by atoms with Crippen molar-refractivity contribution in [1.29, 1.82) is 0 Å². The molecule has 0 unspecified atom stereocenters. The van der Waals surface area contributed by atoms with E-state index in [9.17, 15) is 13.2 Å². The first-order chi connectivity index (χ1) is 8.80. The molecular formula is C11H15ClN2O4S. The minimum atomic E-state index is -4.06. The monoisotopic (exact) mass is 306 g/mol. The number of aromatic amines is 1. The number of esters is 1. The van der Waals surface area contributed by atoms with Crippen molar-refractivity contribution in [2.45, 2.75) is 50.0 Å². The third kappa shape index (κ3) is 2.92. The smallest absolute Gasteiger partial charge is 0.360 e. The minimum absolute atomic E-state index is 0.141. The number of H-pyrrole nitrogens is 1. The second-order valence-electron chi connectivity index (χ2n) is 4.87. The Morgan fingerprint density at radius 1 is 1.47 bits per heavy atom. The van der Waals surface area contributed by atoms with E-state index in [1.807, 2.05) is 0 Å². The zero-order valence-electron chi connectivity index (χ0n) is 10.6. The number of hydrogen-bond donors (Lipinski definition) is 1. The maximum absolute atomic E-state index is 11.9. The van der Waals surface area contributed by atoms with Gasteiger partial charge in [0.15, 0.2) is 5.69 Å². The molecule has 6 nitrogen and oxygen atoms in total. The summed E-state index contributed by atoms with van der Waals surface area (Å²) < 4.78 is 28.4. The Kier molecular flexibility index (Phi) is 3.87. The van der Waals surface area contributed by atoms with Crippen molar-refractivity contribution in [3.63, 3.8) is 0 Å². The van der Waals surface area contributed by atoms with Crippen LogP contribution in [-0.2, 0) is 13.8 Å². The van der Waals surface area contributed by atoms with Gasteiger partial charge in [-0.3, -0.25) is 5.10 Å². The molecule has 0 aliphatic heterocycles. The highest BCUT2D eigenvalue weighted by Gasteiger charge is 2.32. The standard InChI is InChI=1S/C11H15ClN2O4S/c1-6(2)8-10(19(12,16)17)9(14-13-8)11(15)18-7-4-3-5-7/h6-7H,3-5H2,1-2H3,(H,13,14). The van der Waals surface area contributed by atoms with Gasteiger partial charge in [0.1, 0.15) is 11.0 Å². The molecule has 2 rings (SSSR count). The van der Waals surface area contributed by atoms with Crippen molar-refractivity contribution in [2.24, 2.45) is 0 Å². The second kappa shape index (κ2) is 5.13. The number of nitrogens with one attached hydrogen (secondary N) is 1. The van der Waals surface area contributed by atoms with Gasteiger partial charge < -0.3 is 4.74 Å². The van der Waals surface area contributed by atoms with E-state index >= 15 is 0 Å². The fourth-order valence-corrected chi connectivity index (χ4v) is 3.19. The molecule has 1 aliphatic rings. The molecule has 1 aromatic rings. The van der Waals surface area contributed by atoms with Gasteiger partial charge in [0.05, 0.1) is 5.69 Å². The van der Waals surface area contributed by atoms with Gasteiger partial charge in [0.2, 0.25) is 0 Å². The molecule has 1 aliphatic carbocycles. The van der Waals surface area contributed by atoms with Gasteiger partial charge in [-0.15, -0.1) is 0 Å². The molecule has 0 radical (unpaired) electrons. The summed E-state index contributed by atoms with van der Waals surface area (Å²) in [5.41, 5.74) is 0.0566. The summed E-state index contributed by atoms with van der Waals surface area (Å²) in [6.07, 6.45) is 2.47. The molecule has 1 heterocycles. The van der Waals surface area contributed by atoms with Crippen LogP contribution in [-0.4, -0.2) is 30.7 Å². The first-order valence-electron chi connectivity index (χ1n) is 6.04. The van der Waals surface area contributed by atoms with Crippen LogP contribution in [0.25, 0.3) is 0 Å². The predicted octanol–water partition coefficient (Wildman–Crippen LogP) is 2.17. The van der Waals surface area contributed by atoms with Crippen LogP contribution >= 0.6 is 10.7 Å². The highest BCUT2D eigenvalue weighted by molar-refractivity contribution is 8.13. The van der Waals surface area contributed by atoms with E-state index in [4.69, 9.17) is 15.4 Å². The highest BCUT2D eigenvalue weighted by atomic mass is 35.7. The fourth-order valence-electron chi connectivity index (χ4n) is 1.82. The topological polar surface area (TPSA) is 89.1 Å². The van der Waals surface area contributed by atoms with E-state index < -0.39 is 15.0 Å². The van der Waals surface area contributed by atoms with E-state index in [2.05, 4.69) is 10.2 Å². The Bertz CT molecular complexity index is 590. The number of ether oxygens (including phenoxy) is 1. The van der Waals surface area contributed by atoms with E-state index in [0.29, 0.717) is 5.69 Å². The Morgan fingerprint density at radius 3 is 2.53 bits per heavy atom. The third-order valence-corrected chi connectivity index (χ3v) is 4.45. The maximum atomic E-state index is 11.9. The van der Waals surface area contributed by atoms with E-state index in [1.54, 1.807) is 13.8 Å². The van der Waals surface area contributed by atoms with Gasteiger partial charge >= 0.3 is 5.97 Å². The number of hydrogen-bond acceptors (Lipinski definition) is 5. The largest absolute Gasteiger partial charge is 0.458 e. The zero-order valence-corrected chi connectivity index (χ0v) is 12.2. The molecular weight excluding hydrogens is 292 g/mol. The average Bonchev–Trinajstić information content (AvgIpc) is 2.67. The lowest BCUT2D eigenvalue weighted by atomic mass is 9.96. The Morgan fingerprint density at radius 2 is 2.11 bits per heavy atom. The van der Waals surface area contributed by atoms with Gasteiger partial charge in [0, 0.05) is 10.7 Å². The van der Waals surface area contributed by atoms with Crippen molar-refractivity contribution in [2.75, 3.05) is 0 Å². The number of nitrogens with zero attached hydrogens (tertiary/aromatic N) is 1. The number of halogens is 1. The lowest BCUT2D eigenvalue weighted by molar-refractivity contribution is 0.00795. The van der Waals surface area contributed by atoms with Gasteiger partial charge in [0.25, 0.3) is 9.05 Å². The molecule has 0 spiro atoms. The van der Waals surface area contributed by atoms with Crippen molar-refractivity contribution >= 4 is 25.7 Å². The molecule has 0 bridgehead atoms. The van der Waals surface area contributed by atoms with Crippen LogP contribution < -0.4 is 0 Å². The number of carbonyl (C=O) groups excluding carboxylic acids is 1. The van der Waals surface area contributed by atoms with E-state index in [0.717, 1.165) is 19.3 Å². The molecule has 0 aromatic carbocycles. The van der Waals surface area contributed by atoms with Crippen LogP contribution in [0.5, 0.6) is 0 Å². The van der Waals surface area contributed by atoms with Gasteiger partial charge in [-0.1, -0.05) is 13.8 Å². The molecule has 0 saturated heterocycles. The van der Waals surface area contributed by atoms with E-state index in [-0.39, 0.29) is 22.6 Å². The van der Waals surface area contributed by atoms with Crippen LogP contribution in [0, 0.1) is 0 Å². The molecule has 8 heteroatoms. The summed E-state index contributed by atoms with van der Waals surface area (Å²) in [7, 11) is 1.33. The lowest BCUT2D eigenvalue weighted by Gasteiger charge is -2.24. The minimum Gasteiger partial charge on any atom is -0.458 e. The van der Waals surface area contributed by atoms with Gasteiger partial charge in [-0.05, 0) is 25.2 Å². The summed E-state index contributed by atoms with van der Waals surface area (Å²) >= 11 is 0. The molecule has 1 fully saturated rings. The first-order valence-corrected chi connectivity index (χ1v) is 8.35. The molecule has 1 N–H and O–H groups in total. The molecule has 106 valence electrons. The third-order valence-electron chi connectivity index (χ3n) is 3.09. The Labute approximate surface area is 115 Å². The average molecular weight is 307 g/mol. The quantitative estimate of drug-likeness (QED) is 0.680. The van der Waals surface area contributed by atoms with E-state index in [1.165, 1.54) is 0 Å². The Hall–Kier alpha value is -1.08. The summed E-state index contributed by atoms with van der Waals surface area (Å²) in [6.45, 7) is 3.56. The lowest BCUT2D eigenvalue weighted by Crippen LogP contribution is -2.25. The van der Waals surface area contributed by atoms with Crippen LogP contribution in [0.2, 0.25) is 0 Å². The number of aromatic nitrogens is 2. The fraction of sp³-hybridized carbons (Fsp3) is 0.636. The van der Waals surface area contributed by atoms with Crippen LogP contribution in [0.4, 0.5) is 0 Å².